The summed E-state index contributed by atoms with van der Waals surface area (Å²) in [7, 11) is 3.87. The van der Waals surface area contributed by atoms with Crippen molar-refractivity contribution in [1.29, 1.82) is 0 Å². The van der Waals surface area contributed by atoms with Gasteiger partial charge in [-0.3, -0.25) is 0 Å². The summed E-state index contributed by atoms with van der Waals surface area (Å²) in [6.45, 7) is 5.54. The van der Waals surface area contributed by atoms with Gasteiger partial charge in [0.25, 0.3) is 0 Å². The van der Waals surface area contributed by atoms with Crippen molar-refractivity contribution in [3.8, 4) is 5.75 Å². The number of methoxy groups -OCH3 is 1. The maximum absolute atomic E-state index is 5.23. The van der Waals surface area contributed by atoms with Crippen molar-refractivity contribution in [3.05, 3.63) is 36.2 Å². The number of rotatable bonds is 5. The van der Waals surface area contributed by atoms with Crippen LogP contribution in [0.1, 0.15) is 19.4 Å². The first-order valence-electron chi connectivity index (χ1n) is 6.45. The number of fused-ring (bicyclic) bond motifs is 1. The molecule has 0 fully saturated rings. The molecule has 0 aliphatic heterocycles. The van der Waals surface area contributed by atoms with E-state index in [1.807, 2.05) is 12.3 Å². The number of likely N-dealkylation sites (N-methyl/N-ethyl adjacent to an activating group) is 1. The van der Waals surface area contributed by atoms with Crippen LogP contribution in [-0.4, -0.2) is 36.0 Å². The van der Waals surface area contributed by atoms with E-state index in [4.69, 9.17) is 4.74 Å². The third-order valence-corrected chi connectivity index (χ3v) is 3.57. The van der Waals surface area contributed by atoms with Crippen molar-refractivity contribution in [1.82, 2.24) is 9.30 Å². The highest BCUT2D eigenvalue weighted by atomic mass is 16.5. The van der Waals surface area contributed by atoms with Crippen LogP contribution in [0.25, 0.3) is 5.52 Å². The first kappa shape index (κ1) is 13.0. The molecule has 0 atom stereocenters. The van der Waals surface area contributed by atoms with E-state index in [0.29, 0.717) is 6.04 Å². The highest BCUT2D eigenvalue weighted by Crippen LogP contribution is 2.18. The molecule has 0 saturated heterocycles. The zero-order chi connectivity index (χ0) is 13.1. The van der Waals surface area contributed by atoms with E-state index in [9.17, 15) is 0 Å². The average molecular weight is 246 g/mol. The van der Waals surface area contributed by atoms with Crippen molar-refractivity contribution in [2.45, 2.75) is 26.3 Å². The third kappa shape index (κ3) is 2.67. The molecule has 2 heterocycles. The topological polar surface area (TPSA) is 16.9 Å². The Bertz CT molecular complexity index is 516. The summed E-state index contributed by atoms with van der Waals surface area (Å²) in [4.78, 5) is 2.37. The lowest BCUT2D eigenvalue weighted by atomic mass is 10.2. The number of hydrogen-bond donors (Lipinski definition) is 0. The molecule has 2 aromatic rings. The zero-order valence-corrected chi connectivity index (χ0v) is 11.7. The molecule has 2 rings (SSSR count). The van der Waals surface area contributed by atoms with Crippen molar-refractivity contribution in [2.24, 2.45) is 0 Å². The number of aromatic nitrogens is 1. The number of pyridine rings is 1. The van der Waals surface area contributed by atoms with Crippen LogP contribution in [0.3, 0.4) is 0 Å². The number of ether oxygens (including phenoxy) is 1. The summed E-state index contributed by atoms with van der Waals surface area (Å²) in [6.07, 6.45) is 5.20. The Kier molecular flexibility index (Phi) is 3.92. The SMILES string of the molecule is COc1ccc2c(CCN(C)C(C)C)ccn2c1. The molecule has 0 aromatic carbocycles. The van der Waals surface area contributed by atoms with Gasteiger partial charge in [-0.2, -0.15) is 0 Å². The molecule has 0 spiro atoms. The Morgan fingerprint density at radius 2 is 2.06 bits per heavy atom. The molecule has 18 heavy (non-hydrogen) atoms. The molecule has 0 amide bonds. The van der Waals surface area contributed by atoms with Gasteiger partial charge in [-0.1, -0.05) is 0 Å². The number of hydrogen-bond acceptors (Lipinski definition) is 2. The van der Waals surface area contributed by atoms with Crippen LogP contribution in [0.5, 0.6) is 5.75 Å². The largest absolute Gasteiger partial charge is 0.495 e. The lowest BCUT2D eigenvalue weighted by Crippen LogP contribution is -2.28. The molecule has 0 bridgehead atoms. The smallest absolute Gasteiger partial charge is 0.135 e. The van der Waals surface area contributed by atoms with Gasteiger partial charge in [-0.25, -0.2) is 0 Å². The molecule has 0 saturated carbocycles. The van der Waals surface area contributed by atoms with E-state index in [0.717, 1.165) is 18.7 Å². The van der Waals surface area contributed by atoms with E-state index in [-0.39, 0.29) is 0 Å². The zero-order valence-electron chi connectivity index (χ0n) is 11.7. The molecule has 0 radical (unpaired) electrons. The third-order valence-electron chi connectivity index (χ3n) is 3.57. The fraction of sp³-hybridized carbons (Fsp3) is 0.467. The van der Waals surface area contributed by atoms with Crippen LogP contribution >= 0.6 is 0 Å². The van der Waals surface area contributed by atoms with Crippen LogP contribution in [0.15, 0.2) is 30.6 Å². The minimum absolute atomic E-state index is 0.596. The fourth-order valence-corrected chi connectivity index (χ4v) is 2.04. The van der Waals surface area contributed by atoms with Crippen molar-refractivity contribution in [3.63, 3.8) is 0 Å². The van der Waals surface area contributed by atoms with Gasteiger partial charge in [0.05, 0.1) is 13.3 Å². The van der Waals surface area contributed by atoms with Crippen LogP contribution < -0.4 is 4.74 Å². The van der Waals surface area contributed by atoms with Gasteiger partial charge in [0, 0.05) is 24.3 Å². The van der Waals surface area contributed by atoms with Gasteiger partial charge >= 0.3 is 0 Å². The normalized spacial score (nSPS) is 11.7. The summed E-state index contributed by atoms with van der Waals surface area (Å²) in [5, 5.41) is 0. The molecular formula is C15H22N2O. The van der Waals surface area contributed by atoms with E-state index in [2.05, 4.69) is 48.5 Å². The maximum atomic E-state index is 5.23. The van der Waals surface area contributed by atoms with Crippen LogP contribution in [0, 0.1) is 0 Å². The second-order valence-electron chi connectivity index (χ2n) is 5.03. The Hall–Kier alpha value is -1.48. The monoisotopic (exact) mass is 246 g/mol. The van der Waals surface area contributed by atoms with Crippen molar-refractivity contribution in [2.75, 3.05) is 20.7 Å². The summed E-state index contributed by atoms with van der Waals surface area (Å²) < 4.78 is 7.36. The van der Waals surface area contributed by atoms with Gasteiger partial charge in [-0.15, -0.1) is 0 Å². The van der Waals surface area contributed by atoms with Gasteiger partial charge in [0.1, 0.15) is 5.75 Å². The van der Waals surface area contributed by atoms with Gasteiger partial charge in [0.15, 0.2) is 0 Å². The van der Waals surface area contributed by atoms with Gasteiger partial charge in [-0.05, 0) is 51.1 Å². The first-order chi connectivity index (χ1) is 8.61. The molecular weight excluding hydrogens is 224 g/mol. The summed E-state index contributed by atoms with van der Waals surface area (Å²) >= 11 is 0. The van der Waals surface area contributed by atoms with E-state index in [1.165, 1.54) is 11.1 Å². The highest BCUT2D eigenvalue weighted by Gasteiger charge is 2.07. The summed E-state index contributed by atoms with van der Waals surface area (Å²) in [5.74, 6) is 0.893. The van der Waals surface area contributed by atoms with Crippen LogP contribution in [0.4, 0.5) is 0 Å². The van der Waals surface area contributed by atoms with E-state index < -0.39 is 0 Å². The Morgan fingerprint density at radius 3 is 2.72 bits per heavy atom. The Balaban J connectivity index is 2.14. The van der Waals surface area contributed by atoms with Crippen LogP contribution in [0.2, 0.25) is 0 Å². The Labute approximate surface area is 109 Å². The first-order valence-corrected chi connectivity index (χ1v) is 6.45. The van der Waals surface area contributed by atoms with Crippen molar-refractivity contribution >= 4 is 5.52 Å². The van der Waals surface area contributed by atoms with Gasteiger partial charge in [0.2, 0.25) is 0 Å². The highest BCUT2D eigenvalue weighted by molar-refractivity contribution is 5.57. The second-order valence-corrected chi connectivity index (χ2v) is 5.03. The lowest BCUT2D eigenvalue weighted by Gasteiger charge is -2.20. The standard InChI is InChI=1S/C15H22N2O/c1-12(2)16(3)9-7-13-8-10-17-11-14(18-4)5-6-15(13)17/h5-6,8,10-12H,7,9H2,1-4H3. The van der Waals surface area contributed by atoms with Crippen molar-refractivity contribution < 1.29 is 4.74 Å². The summed E-state index contributed by atoms with van der Waals surface area (Å²) in [5.41, 5.74) is 2.66. The molecule has 0 aliphatic carbocycles. The molecule has 3 heteroatoms. The minimum Gasteiger partial charge on any atom is -0.495 e. The predicted octanol–water partition coefficient (Wildman–Crippen LogP) is 2.83. The predicted molar refractivity (Wildman–Crippen MR) is 75.4 cm³/mol. The molecule has 0 N–H and O–H groups in total. The summed E-state index contributed by atoms with van der Waals surface area (Å²) in [6, 6.07) is 6.94. The Morgan fingerprint density at radius 1 is 1.28 bits per heavy atom. The van der Waals surface area contributed by atoms with Gasteiger partial charge < -0.3 is 14.0 Å². The van der Waals surface area contributed by atoms with Crippen LogP contribution in [-0.2, 0) is 6.42 Å². The van der Waals surface area contributed by atoms with E-state index >= 15 is 0 Å². The fourth-order valence-electron chi connectivity index (χ4n) is 2.04. The molecule has 2 aromatic heterocycles. The minimum atomic E-state index is 0.596. The molecule has 0 aliphatic rings. The quantitative estimate of drug-likeness (QED) is 0.807. The maximum Gasteiger partial charge on any atom is 0.135 e. The van der Waals surface area contributed by atoms with E-state index in [1.54, 1.807) is 7.11 Å². The molecule has 3 nitrogen and oxygen atoms in total. The second kappa shape index (κ2) is 5.44. The molecule has 0 unspecified atom stereocenters. The lowest BCUT2D eigenvalue weighted by molar-refractivity contribution is 0.278. The average Bonchev–Trinajstić information content (AvgIpc) is 2.77. The number of nitrogens with zero attached hydrogens (tertiary/aromatic N) is 2. The molecule has 98 valence electrons.